The molecule has 1 spiro atoms. The van der Waals surface area contributed by atoms with Crippen molar-refractivity contribution >= 4 is 21.9 Å². The molecule has 1 saturated heterocycles. The quantitative estimate of drug-likeness (QED) is 0.508. The van der Waals surface area contributed by atoms with Crippen molar-refractivity contribution in [2.24, 2.45) is 17.3 Å². The number of fused-ring (bicyclic) bond motifs is 1. The van der Waals surface area contributed by atoms with Crippen LogP contribution in [0.25, 0.3) is 0 Å². The average Bonchev–Trinajstić information content (AvgIpc) is 3.12. The number of carbonyl (C=O) groups excluding carboxylic acids is 2. The molecule has 0 N–H and O–H groups in total. The molecule has 1 aliphatic heterocycles. The number of allylic oxidation sites excluding steroid dienone is 1. The lowest BCUT2D eigenvalue weighted by Gasteiger charge is -2.32. The van der Waals surface area contributed by atoms with Gasteiger partial charge >= 0.3 is 5.97 Å². The van der Waals surface area contributed by atoms with Gasteiger partial charge in [-0.05, 0) is 65.2 Å². The Morgan fingerprint density at radius 2 is 2.07 bits per heavy atom. The van der Waals surface area contributed by atoms with E-state index in [9.17, 15) is 18.0 Å². The number of hydrogen-bond acceptors (Lipinski definition) is 5. The number of sulfonamides is 1. The first-order valence-corrected chi connectivity index (χ1v) is 11.5. The number of nitrogens with zero attached hydrogens (tertiary/aromatic N) is 1. The van der Waals surface area contributed by atoms with Crippen LogP contribution in [0.1, 0.15) is 65.7 Å². The van der Waals surface area contributed by atoms with Crippen LogP contribution in [0, 0.1) is 17.3 Å². The fourth-order valence-electron chi connectivity index (χ4n) is 5.23. The van der Waals surface area contributed by atoms with E-state index in [0.717, 1.165) is 30.0 Å². The summed E-state index contributed by atoms with van der Waals surface area (Å²) in [5, 5.41) is 0. The molecular weight excluding hydrogens is 366 g/mol. The van der Waals surface area contributed by atoms with E-state index in [0.29, 0.717) is 18.8 Å². The van der Waals surface area contributed by atoms with E-state index in [4.69, 9.17) is 4.74 Å². The van der Waals surface area contributed by atoms with E-state index in [1.54, 1.807) is 26.8 Å². The van der Waals surface area contributed by atoms with Crippen LogP contribution in [0.5, 0.6) is 0 Å². The Morgan fingerprint density at radius 1 is 1.37 bits per heavy atom. The Bertz CT molecular complexity index is 738. The Hall–Kier alpha value is -1.37. The number of esters is 1. The number of carbonyl (C=O) groups is 2. The van der Waals surface area contributed by atoms with Crippen LogP contribution in [0.4, 0.5) is 0 Å². The minimum Gasteiger partial charge on any atom is -0.460 e. The van der Waals surface area contributed by atoms with Crippen molar-refractivity contribution in [3.63, 3.8) is 0 Å². The summed E-state index contributed by atoms with van der Waals surface area (Å²) in [6, 6.07) is -0.224. The molecule has 0 aromatic heterocycles. The van der Waals surface area contributed by atoms with E-state index in [2.05, 4.69) is 6.58 Å². The van der Waals surface area contributed by atoms with Crippen molar-refractivity contribution in [3.8, 4) is 0 Å². The molecule has 3 aliphatic rings. The topological polar surface area (TPSA) is 80.8 Å². The lowest BCUT2D eigenvalue weighted by Crippen LogP contribution is -2.45. The summed E-state index contributed by atoms with van der Waals surface area (Å²) in [5.41, 5.74) is -0.897. The molecule has 2 bridgehead atoms. The van der Waals surface area contributed by atoms with Crippen LogP contribution in [0.3, 0.4) is 0 Å². The maximum atomic E-state index is 13.3. The van der Waals surface area contributed by atoms with Crippen LogP contribution in [-0.2, 0) is 24.3 Å². The van der Waals surface area contributed by atoms with Gasteiger partial charge in [-0.3, -0.25) is 9.59 Å². The normalized spacial score (nSPS) is 32.2. The van der Waals surface area contributed by atoms with Gasteiger partial charge < -0.3 is 4.74 Å². The maximum absolute atomic E-state index is 13.3. The number of rotatable bonds is 6. The minimum atomic E-state index is -3.62. The Balaban J connectivity index is 1.81. The molecule has 0 aromatic carbocycles. The van der Waals surface area contributed by atoms with E-state index in [-0.39, 0.29) is 23.6 Å². The van der Waals surface area contributed by atoms with Crippen LogP contribution in [-0.4, -0.2) is 42.0 Å². The molecule has 3 rings (SSSR count). The van der Waals surface area contributed by atoms with Crippen molar-refractivity contribution < 1.29 is 22.7 Å². The SMILES string of the molecule is C=CCC[C@@H](CC(=O)OC(C)(C)C)C(=O)N1[C@@H]2C[C@H]3CC[C@@]2(C3)CS1(=O)=O. The van der Waals surface area contributed by atoms with Crippen LogP contribution in [0.15, 0.2) is 12.7 Å². The van der Waals surface area contributed by atoms with Gasteiger partial charge in [-0.2, -0.15) is 0 Å². The summed E-state index contributed by atoms with van der Waals surface area (Å²) in [5.74, 6) is -0.991. The Labute approximate surface area is 162 Å². The average molecular weight is 398 g/mol. The number of ether oxygens (including phenoxy) is 1. The van der Waals surface area contributed by atoms with Crippen molar-refractivity contribution in [3.05, 3.63) is 12.7 Å². The molecule has 3 fully saturated rings. The van der Waals surface area contributed by atoms with Crippen molar-refractivity contribution in [2.75, 3.05) is 5.75 Å². The molecule has 0 unspecified atom stereocenters. The van der Waals surface area contributed by atoms with Crippen molar-refractivity contribution in [1.29, 1.82) is 0 Å². The first kappa shape index (κ1) is 20.4. The molecule has 1 amide bonds. The highest BCUT2D eigenvalue weighted by atomic mass is 32.2. The molecule has 27 heavy (non-hydrogen) atoms. The summed E-state index contributed by atoms with van der Waals surface area (Å²) < 4.78 is 32.2. The van der Waals surface area contributed by atoms with Crippen LogP contribution < -0.4 is 0 Å². The van der Waals surface area contributed by atoms with Gasteiger partial charge in [0.1, 0.15) is 5.60 Å². The highest BCUT2D eigenvalue weighted by Crippen LogP contribution is 2.60. The van der Waals surface area contributed by atoms with E-state index in [1.165, 1.54) is 0 Å². The Kier molecular flexibility index (Phi) is 5.21. The van der Waals surface area contributed by atoms with Gasteiger partial charge in [-0.15, -0.1) is 6.58 Å². The third-order valence-corrected chi connectivity index (χ3v) is 8.15. The second-order valence-electron chi connectivity index (χ2n) is 9.47. The highest BCUT2D eigenvalue weighted by Gasteiger charge is 2.64. The van der Waals surface area contributed by atoms with Gasteiger partial charge in [-0.25, -0.2) is 12.7 Å². The molecular formula is C20H31NO5S. The predicted molar refractivity (Wildman–Crippen MR) is 102 cm³/mol. The standard InChI is InChI=1S/C20H31NO5S/c1-5-6-7-15(11-17(22)26-19(2,3)4)18(23)21-16-10-14-8-9-20(16,12-14)13-27(21,24)25/h5,14-16H,1,6-13H2,2-4H3/t14-,15+,16-,20-/m1/s1. The van der Waals surface area contributed by atoms with Gasteiger partial charge in [0.05, 0.1) is 18.2 Å². The second kappa shape index (κ2) is 6.90. The Morgan fingerprint density at radius 3 is 2.67 bits per heavy atom. The molecule has 2 saturated carbocycles. The number of hydrogen-bond donors (Lipinski definition) is 0. The summed E-state index contributed by atoms with van der Waals surface area (Å²) in [4.78, 5) is 25.6. The predicted octanol–water partition coefficient (Wildman–Crippen LogP) is 3.03. The van der Waals surface area contributed by atoms with Crippen LogP contribution >= 0.6 is 0 Å². The van der Waals surface area contributed by atoms with E-state index < -0.39 is 33.4 Å². The van der Waals surface area contributed by atoms with Gasteiger partial charge in [0.2, 0.25) is 15.9 Å². The first-order valence-electron chi connectivity index (χ1n) is 9.86. The second-order valence-corrected chi connectivity index (χ2v) is 11.3. The van der Waals surface area contributed by atoms with Gasteiger partial charge in [0, 0.05) is 11.3 Å². The summed E-state index contributed by atoms with van der Waals surface area (Å²) in [6.45, 7) is 9.00. The molecule has 0 aromatic rings. The highest BCUT2D eigenvalue weighted by molar-refractivity contribution is 7.90. The zero-order valence-electron chi connectivity index (χ0n) is 16.6. The van der Waals surface area contributed by atoms with Gasteiger partial charge in [0.25, 0.3) is 0 Å². The fourth-order valence-corrected chi connectivity index (χ4v) is 7.67. The first-order chi connectivity index (χ1) is 12.5. The molecule has 4 atom stereocenters. The lowest BCUT2D eigenvalue weighted by atomic mass is 9.81. The van der Waals surface area contributed by atoms with Gasteiger partial charge in [0.15, 0.2) is 0 Å². The molecule has 2 aliphatic carbocycles. The third-order valence-electron chi connectivity index (χ3n) is 6.18. The smallest absolute Gasteiger partial charge is 0.307 e. The molecule has 0 radical (unpaired) electrons. The monoisotopic (exact) mass is 397 g/mol. The minimum absolute atomic E-state index is 0.0769. The molecule has 7 heteroatoms. The fraction of sp³-hybridized carbons (Fsp3) is 0.800. The third kappa shape index (κ3) is 3.93. The van der Waals surface area contributed by atoms with Gasteiger partial charge in [-0.1, -0.05) is 6.08 Å². The van der Waals surface area contributed by atoms with Crippen LogP contribution in [0.2, 0.25) is 0 Å². The van der Waals surface area contributed by atoms with E-state index in [1.807, 2.05) is 0 Å². The number of amides is 1. The lowest BCUT2D eigenvalue weighted by molar-refractivity contribution is -0.158. The summed E-state index contributed by atoms with van der Waals surface area (Å²) in [7, 11) is -3.62. The zero-order valence-corrected chi connectivity index (χ0v) is 17.4. The molecule has 1 heterocycles. The van der Waals surface area contributed by atoms with Crippen molar-refractivity contribution in [2.45, 2.75) is 77.4 Å². The summed E-state index contributed by atoms with van der Waals surface area (Å²) >= 11 is 0. The van der Waals surface area contributed by atoms with Crippen molar-refractivity contribution in [1.82, 2.24) is 4.31 Å². The maximum Gasteiger partial charge on any atom is 0.307 e. The summed E-state index contributed by atoms with van der Waals surface area (Å²) in [6.07, 6.45) is 6.16. The largest absolute Gasteiger partial charge is 0.460 e. The molecule has 6 nitrogen and oxygen atoms in total. The molecule has 152 valence electrons. The zero-order chi connectivity index (χ0) is 20.0. The van der Waals surface area contributed by atoms with E-state index >= 15 is 0 Å².